The van der Waals surface area contributed by atoms with Gasteiger partial charge in [0, 0.05) is 17.7 Å². The summed E-state index contributed by atoms with van der Waals surface area (Å²) >= 11 is 0. The maximum Gasteiger partial charge on any atom is 0.127 e. The molecule has 0 atom stereocenters. The van der Waals surface area contributed by atoms with Crippen molar-refractivity contribution >= 4 is 5.57 Å². The van der Waals surface area contributed by atoms with E-state index in [-0.39, 0.29) is 0 Å². The Hall–Kier alpha value is -1.28. The molecule has 76 valence electrons. The number of allylic oxidation sites excluding steroid dienone is 1. The van der Waals surface area contributed by atoms with Crippen LogP contribution in [-0.4, -0.2) is 24.1 Å². The lowest BCUT2D eigenvalue weighted by molar-refractivity contribution is 0.385. The zero-order valence-corrected chi connectivity index (χ0v) is 9.04. The molecule has 0 aromatic heterocycles. The normalized spacial score (nSPS) is 10.6. The number of hydrogen-bond donors (Lipinski definition) is 1. The van der Waals surface area contributed by atoms with Gasteiger partial charge in [-0.3, -0.25) is 0 Å². The lowest BCUT2D eigenvalue weighted by atomic mass is 10.0. The van der Waals surface area contributed by atoms with Crippen molar-refractivity contribution in [2.75, 3.05) is 14.1 Å². The van der Waals surface area contributed by atoms with E-state index in [4.69, 9.17) is 0 Å². The second-order valence-electron chi connectivity index (χ2n) is 3.83. The minimum absolute atomic E-state index is 0.355. The highest BCUT2D eigenvalue weighted by Crippen LogP contribution is 2.27. The third kappa shape index (κ3) is 2.36. The molecule has 0 amide bonds. The van der Waals surface area contributed by atoms with E-state index in [2.05, 4.69) is 6.58 Å². The summed E-state index contributed by atoms with van der Waals surface area (Å²) in [5.41, 5.74) is 2.67. The van der Waals surface area contributed by atoms with E-state index in [1.165, 1.54) is 0 Å². The molecule has 1 aromatic rings. The number of phenolic OH excluding ortho intramolecular Hbond substituents is 1. The molecule has 1 N–H and O–H groups in total. The molecule has 0 bridgehead atoms. The molecular formula is C12H17NO. The van der Waals surface area contributed by atoms with E-state index >= 15 is 0 Å². The van der Waals surface area contributed by atoms with Crippen molar-refractivity contribution in [3.05, 3.63) is 35.9 Å². The van der Waals surface area contributed by atoms with Gasteiger partial charge in [-0.15, -0.1) is 0 Å². The number of aromatic hydroxyl groups is 1. The molecule has 0 saturated carbocycles. The summed E-state index contributed by atoms with van der Waals surface area (Å²) < 4.78 is 0. The summed E-state index contributed by atoms with van der Waals surface area (Å²) in [6.07, 6.45) is 0. The highest BCUT2D eigenvalue weighted by atomic mass is 16.3. The second-order valence-corrected chi connectivity index (χ2v) is 3.83. The molecular weight excluding hydrogens is 174 g/mol. The maximum absolute atomic E-state index is 9.92. The summed E-state index contributed by atoms with van der Waals surface area (Å²) in [5.74, 6) is 0.355. The van der Waals surface area contributed by atoms with Crippen LogP contribution in [0.15, 0.2) is 24.8 Å². The molecule has 2 heteroatoms. The summed E-state index contributed by atoms with van der Waals surface area (Å²) in [7, 11) is 3.96. The predicted molar refractivity (Wildman–Crippen MR) is 60.2 cm³/mol. The average molecular weight is 191 g/mol. The molecule has 0 radical (unpaired) electrons. The highest BCUT2D eigenvalue weighted by Gasteiger charge is 2.07. The third-order valence-electron chi connectivity index (χ3n) is 2.07. The van der Waals surface area contributed by atoms with Gasteiger partial charge in [0.15, 0.2) is 0 Å². The van der Waals surface area contributed by atoms with Gasteiger partial charge in [-0.2, -0.15) is 0 Å². The SMILES string of the molecule is C=C(C)c1cccc(CN(C)C)c1O. The van der Waals surface area contributed by atoms with Gasteiger partial charge in [-0.05, 0) is 26.6 Å². The van der Waals surface area contributed by atoms with Crippen molar-refractivity contribution in [2.45, 2.75) is 13.5 Å². The lowest BCUT2D eigenvalue weighted by Gasteiger charge is -2.13. The van der Waals surface area contributed by atoms with E-state index < -0.39 is 0 Å². The smallest absolute Gasteiger partial charge is 0.127 e. The topological polar surface area (TPSA) is 23.5 Å². The van der Waals surface area contributed by atoms with Crippen LogP contribution in [0.1, 0.15) is 18.1 Å². The van der Waals surface area contributed by atoms with Gasteiger partial charge in [0.1, 0.15) is 5.75 Å². The van der Waals surface area contributed by atoms with Crippen molar-refractivity contribution in [2.24, 2.45) is 0 Å². The Morgan fingerprint density at radius 1 is 1.43 bits per heavy atom. The Morgan fingerprint density at radius 2 is 2.07 bits per heavy atom. The molecule has 2 nitrogen and oxygen atoms in total. The van der Waals surface area contributed by atoms with E-state index in [1.54, 1.807) is 0 Å². The van der Waals surface area contributed by atoms with Crippen LogP contribution in [0, 0.1) is 0 Å². The van der Waals surface area contributed by atoms with Gasteiger partial charge in [0.25, 0.3) is 0 Å². The zero-order valence-electron chi connectivity index (χ0n) is 9.04. The molecule has 0 heterocycles. The molecule has 0 unspecified atom stereocenters. The van der Waals surface area contributed by atoms with Crippen LogP contribution in [0.5, 0.6) is 5.75 Å². The molecule has 1 aromatic carbocycles. The summed E-state index contributed by atoms with van der Waals surface area (Å²) in [6, 6.07) is 5.77. The largest absolute Gasteiger partial charge is 0.507 e. The lowest BCUT2D eigenvalue weighted by Crippen LogP contribution is -2.10. The molecule has 1 rings (SSSR count). The van der Waals surface area contributed by atoms with Crippen molar-refractivity contribution in [3.63, 3.8) is 0 Å². The van der Waals surface area contributed by atoms with Gasteiger partial charge < -0.3 is 10.0 Å². The quantitative estimate of drug-likeness (QED) is 0.793. The second kappa shape index (κ2) is 4.29. The monoisotopic (exact) mass is 191 g/mol. The molecule has 0 aliphatic heterocycles. The van der Waals surface area contributed by atoms with E-state index in [9.17, 15) is 5.11 Å². The Morgan fingerprint density at radius 3 is 2.57 bits per heavy atom. The average Bonchev–Trinajstić information content (AvgIpc) is 2.07. The van der Waals surface area contributed by atoms with Gasteiger partial charge in [-0.25, -0.2) is 0 Å². The van der Waals surface area contributed by atoms with Gasteiger partial charge >= 0.3 is 0 Å². The van der Waals surface area contributed by atoms with E-state index in [0.717, 1.165) is 23.2 Å². The minimum Gasteiger partial charge on any atom is -0.507 e. The Kier molecular flexibility index (Phi) is 3.31. The van der Waals surface area contributed by atoms with E-state index in [1.807, 2.05) is 44.1 Å². The molecule has 14 heavy (non-hydrogen) atoms. The minimum atomic E-state index is 0.355. The summed E-state index contributed by atoms with van der Waals surface area (Å²) in [5, 5.41) is 9.92. The van der Waals surface area contributed by atoms with Crippen LogP contribution in [0.3, 0.4) is 0 Å². The first-order valence-electron chi connectivity index (χ1n) is 4.64. The van der Waals surface area contributed by atoms with Crippen LogP contribution >= 0.6 is 0 Å². The van der Waals surface area contributed by atoms with Crippen molar-refractivity contribution < 1.29 is 5.11 Å². The molecule has 0 aliphatic rings. The molecule has 0 saturated heterocycles. The summed E-state index contributed by atoms with van der Waals surface area (Å²) in [6.45, 7) is 6.47. The maximum atomic E-state index is 9.92. The van der Waals surface area contributed by atoms with Crippen molar-refractivity contribution in [3.8, 4) is 5.75 Å². The Labute approximate surface area is 85.5 Å². The van der Waals surface area contributed by atoms with E-state index in [0.29, 0.717) is 5.75 Å². The fourth-order valence-electron chi connectivity index (χ4n) is 1.40. The number of para-hydroxylation sites is 1. The van der Waals surface area contributed by atoms with Crippen LogP contribution in [0.25, 0.3) is 5.57 Å². The molecule has 0 spiro atoms. The first-order chi connectivity index (χ1) is 6.52. The molecule has 0 fully saturated rings. The van der Waals surface area contributed by atoms with Crippen molar-refractivity contribution in [1.82, 2.24) is 4.90 Å². The first kappa shape index (κ1) is 10.8. The fraction of sp³-hybridized carbons (Fsp3) is 0.333. The zero-order chi connectivity index (χ0) is 10.7. The summed E-state index contributed by atoms with van der Waals surface area (Å²) in [4.78, 5) is 2.03. The van der Waals surface area contributed by atoms with Gasteiger partial charge in [0.2, 0.25) is 0 Å². The fourth-order valence-corrected chi connectivity index (χ4v) is 1.40. The van der Waals surface area contributed by atoms with Crippen LogP contribution in [0.2, 0.25) is 0 Å². The first-order valence-corrected chi connectivity index (χ1v) is 4.64. The van der Waals surface area contributed by atoms with Crippen LogP contribution in [0.4, 0.5) is 0 Å². The standard InChI is InChI=1S/C12H17NO/c1-9(2)11-7-5-6-10(12(11)14)8-13(3)4/h5-7,14H,1,8H2,2-4H3. The Balaban J connectivity index is 3.07. The number of benzene rings is 1. The van der Waals surface area contributed by atoms with Crippen LogP contribution < -0.4 is 0 Å². The van der Waals surface area contributed by atoms with Crippen LogP contribution in [-0.2, 0) is 6.54 Å². The Bertz CT molecular complexity index is 342. The molecule has 0 aliphatic carbocycles. The third-order valence-corrected chi connectivity index (χ3v) is 2.07. The number of hydrogen-bond acceptors (Lipinski definition) is 2. The predicted octanol–water partition coefficient (Wildman–Crippen LogP) is 2.49. The number of nitrogens with zero attached hydrogens (tertiary/aromatic N) is 1. The van der Waals surface area contributed by atoms with Gasteiger partial charge in [0.05, 0.1) is 0 Å². The van der Waals surface area contributed by atoms with Gasteiger partial charge in [-0.1, -0.05) is 24.8 Å². The number of phenols is 1. The number of rotatable bonds is 3. The van der Waals surface area contributed by atoms with Crippen molar-refractivity contribution in [1.29, 1.82) is 0 Å². The highest BCUT2D eigenvalue weighted by molar-refractivity contribution is 5.68.